The first-order valence-corrected chi connectivity index (χ1v) is 7.42. The van der Waals surface area contributed by atoms with E-state index in [4.69, 9.17) is 5.73 Å². The fourth-order valence-corrected chi connectivity index (χ4v) is 2.48. The molecule has 1 aromatic rings. The molecule has 0 spiro atoms. The molecule has 3 nitrogen and oxygen atoms in total. The van der Waals surface area contributed by atoms with Gasteiger partial charge in [-0.2, -0.15) is 0 Å². The normalized spacial score (nSPS) is 14.8. The Bertz CT molecular complexity index is 472. The zero-order valence-electron chi connectivity index (χ0n) is 13.8. The van der Waals surface area contributed by atoms with Crippen molar-refractivity contribution in [3.8, 4) is 0 Å². The summed E-state index contributed by atoms with van der Waals surface area (Å²) in [5, 5.41) is 3.03. The maximum atomic E-state index is 12.2. The van der Waals surface area contributed by atoms with Crippen LogP contribution in [0.1, 0.15) is 50.3 Å². The van der Waals surface area contributed by atoms with Gasteiger partial charge in [-0.1, -0.05) is 37.1 Å². The van der Waals surface area contributed by atoms with E-state index in [1.54, 1.807) is 6.92 Å². The van der Waals surface area contributed by atoms with Crippen LogP contribution in [0.5, 0.6) is 0 Å². The van der Waals surface area contributed by atoms with Crippen molar-refractivity contribution in [2.45, 2.75) is 65.5 Å². The molecule has 0 aromatic heterocycles. The van der Waals surface area contributed by atoms with Crippen LogP contribution in [0, 0.1) is 13.8 Å². The van der Waals surface area contributed by atoms with Gasteiger partial charge in [0.05, 0.1) is 5.54 Å². The van der Waals surface area contributed by atoms with Gasteiger partial charge in [0, 0.05) is 6.04 Å². The zero-order chi connectivity index (χ0) is 15.3. The summed E-state index contributed by atoms with van der Waals surface area (Å²) in [6, 6.07) is 6.51. The van der Waals surface area contributed by atoms with Crippen molar-refractivity contribution in [2.24, 2.45) is 5.73 Å². The Morgan fingerprint density at radius 1 is 1.38 bits per heavy atom. The van der Waals surface area contributed by atoms with Crippen molar-refractivity contribution in [3.63, 3.8) is 0 Å². The van der Waals surface area contributed by atoms with Gasteiger partial charge in [0.1, 0.15) is 0 Å². The van der Waals surface area contributed by atoms with Crippen molar-refractivity contribution in [1.82, 2.24) is 5.32 Å². The van der Waals surface area contributed by atoms with E-state index in [1.807, 2.05) is 13.8 Å². The van der Waals surface area contributed by atoms with Crippen LogP contribution in [-0.2, 0) is 11.2 Å². The number of aryl methyl sites for hydroxylation is 2. The molecule has 1 rings (SSSR count). The average Bonchev–Trinajstić information content (AvgIpc) is 2.32. The van der Waals surface area contributed by atoms with E-state index in [0.29, 0.717) is 6.42 Å². The highest BCUT2D eigenvalue weighted by Crippen LogP contribution is 2.14. The molecule has 1 amide bonds. The van der Waals surface area contributed by atoms with Crippen LogP contribution in [0.25, 0.3) is 0 Å². The summed E-state index contributed by atoms with van der Waals surface area (Å²) in [6.45, 7) is 10.1. The molecule has 0 radical (unpaired) electrons. The van der Waals surface area contributed by atoms with Gasteiger partial charge >= 0.3 is 0 Å². The fraction of sp³-hybridized carbons (Fsp3) is 0.588. The van der Waals surface area contributed by atoms with Crippen LogP contribution in [0.4, 0.5) is 0 Å². The SMILES string of the molecule is CCCC(C)(N)C(=O)NC(C)Cc1ccc(C)cc1C.Cl. The molecule has 0 aliphatic rings. The van der Waals surface area contributed by atoms with Crippen molar-refractivity contribution in [1.29, 1.82) is 0 Å². The highest BCUT2D eigenvalue weighted by Gasteiger charge is 2.28. The number of rotatable bonds is 6. The third-order valence-corrected chi connectivity index (χ3v) is 3.69. The lowest BCUT2D eigenvalue weighted by atomic mass is 9.95. The number of nitrogens with one attached hydrogen (secondary N) is 1. The predicted molar refractivity (Wildman–Crippen MR) is 92.0 cm³/mol. The lowest BCUT2D eigenvalue weighted by molar-refractivity contribution is -0.126. The quantitative estimate of drug-likeness (QED) is 0.847. The van der Waals surface area contributed by atoms with Crippen molar-refractivity contribution < 1.29 is 4.79 Å². The largest absolute Gasteiger partial charge is 0.352 e. The first-order chi connectivity index (χ1) is 9.26. The molecule has 0 saturated carbocycles. The minimum atomic E-state index is -0.772. The smallest absolute Gasteiger partial charge is 0.240 e. The maximum Gasteiger partial charge on any atom is 0.240 e. The van der Waals surface area contributed by atoms with Crippen LogP contribution in [-0.4, -0.2) is 17.5 Å². The Hall–Kier alpha value is -1.06. The molecule has 0 saturated heterocycles. The molecule has 3 N–H and O–H groups in total. The Morgan fingerprint density at radius 3 is 2.52 bits per heavy atom. The summed E-state index contributed by atoms with van der Waals surface area (Å²) < 4.78 is 0. The van der Waals surface area contributed by atoms with Crippen molar-refractivity contribution >= 4 is 18.3 Å². The summed E-state index contributed by atoms with van der Waals surface area (Å²) in [4.78, 5) is 12.2. The van der Waals surface area contributed by atoms with Crippen LogP contribution < -0.4 is 11.1 Å². The minimum absolute atomic E-state index is 0. The number of hydrogen-bond acceptors (Lipinski definition) is 2. The third kappa shape index (κ3) is 6.06. The number of carbonyl (C=O) groups excluding carboxylic acids is 1. The highest BCUT2D eigenvalue weighted by molar-refractivity contribution is 5.86. The Morgan fingerprint density at radius 2 is 2.00 bits per heavy atom. The minimum Gasteiger partial charge on any atom is -0.352 e. The van der Waals surface area contributed by atoms with E-state index in [-0.39, 0.29) is 24.4 Å². The van der Waals surface area contributed by atoms with E-state index >= 15 is 0 Å². The Labute approximate surface area is 135 Å². The maximum absolute atomic E-state index is 12.2. The summed E-state index contributed by atoms with van der Waals surface area (Å²) in [6.07, 6.45) is 2.45. The standard InChI is InChI=1S/C17H28N2O.ClH/c1-6-9-17(5,18)16(20)19-14(4)11-15-8-7-12(2)10-13(15)3;/h7-8,10,14H,6,9,11,18H2,1-5H3,(H,19,20);1H. The van der Waals surface area contributed by atoms with Gasteiger partial charge in [-0.25, -0.2) is 0 Å². The van der Waals surface area contributed by atoms with E-state index < -0.39 is 5.54 Å². The Balaban J connectivity index is 0.00000400. The van der Waals surface area contributed by atoms with Gasteiger partial charge in [-0.3, -0.25) is 4.79 Å². The summed E-state index contributed by atoms with van der Waals surface area (Å²) in [7, 11) is 0. The van der Waals surface area contributed by atoms with Crippen molar-refractivity contribution in [3.05, 3.63) is 34.9 Å². The highest BCUT2D eigenvalue weighted by atomic mass is 35.5. The monoisotopic (exact) mass is 312 g/mol. The number of carbonyl (C=O) groups is 1. The van der Waals surface area contributed by atoms with Gasteiger partial charge in [0.15, 0.2) is 0 Å². The van der Waals surface area contributed by atoms with Gasteiger partial charge in [0.25, 0.3) is 0 Å². The molecule has 4 heteroatoms. The number of nitrogens with two attached hydrogens (primary N) is 1. The topological polar surface area (TPSA) is 55.1 Å². The first kappa shape index (κ1) is 19.9. The molecular weight excluding hydrogens is 284 g/mol. The molecular formula is C17H29ClN2O. The van der Waals surface area contributed by atoms with E-state index in [0.717, 1.165) is 12.8 Å². The average molecular weight is 313 g/mol. The van der Waals surface area contributed by atoms with Crippen LogP contribution in [0.15, 0.2) is 18.2 Å². The molecule has 1 aromatic carbocycles. The molecule has 2 unspecified atom stereocenters. The van der Waals surface area contributed by atoms with Gasteiger partial charge in [0.2, 0.25) is 5.91 Å². The van der Waals surface area contributed by atoms with Gasteiger partial charge < -0.3 is 11.1 Å². The van der Waals surface area contributed by atoms with Gasteiger partial charge in [-0.15, -0.1) is 12.4 Å². The number of benzene rings is 1. The third-order valence-electron chi connectivity index (χ3n) is 3.69. The van der Waals surface area contributed by atoms with Gasteiger partial charge in [-0.05, 0) is 51.7 Å². The molecule has 0 fully saturated rings. The zero-order valence-corrected chi connectivity index (χ0v) is 14.6. The van der Waals surface area contributed by atoms with E-state index in [2.05, 4.69) is 37.4 Å². The summed E-state index contributed by atoms with van der Waals surface area (Å²) >= 11 is 0. The predicted octanol–water partition coefficient (Wildman–Crippen LogP) is 3.29. The van der Waals surface area contributed by atoms with Crippen molar-refractivity contribution in [2.75, 3.05) is 0 Å². The molecule has 0 aliphatic heterocycles. The molecule has 21 heavy (non-hydrogen) atoms. The lowest BCUT2D eigenvalue weighted by Gasteiger charge is -2.25. The molecule has 120 valence electrons. The number of amides is 1. The summed E-state index contributed by atoms with van der Waals surface area (Å²) in [5.74, 6) is -0.0587. The Kier molecular flexibility index (Phi) is 7.98. The molecule has 0 aliphatic carbocycles. The lowest BCUT2D eigenvalue weighted by Crippen LogP contribution is -2.53. The molecule has 0 bridgehead atoms. The second-order valence-corrected chi connectivity index (χ2v) is 6.18. The van der Waals surface area contributed by atoms with E-state index in [9.17, 15) is 4.79 Å². The number of halogens is 1. The van der Waals surface area contributed by atoms with E-state index in [1.165, 1.54) is 16.7 Å². The van der Waals surface area contributed by atoms with Crippen LogP contribution >= 0.6 is 12.4 Å². The first-order valence-electron chi connectivity index (χ1n) is 7.42. The van der Waals surface area contributed by atoms with Crippen LogP contribution in [0.3, 0.4) is 0 Å². The molecule has 0 heterocycles. The fourth-order valence-electron chi connectivity index (χ4n) is 2.48. The summed E-state index contributed by atoms with van der Waals surface area (Å²) in [5.41, 5.74) is 9.09. The second kappa shape index (κ2) is 8.40. The number of hydrogen-bond donors (Lipinski definition) is 2. The van der Waals surface area contributed by atoms with Crippen LogP contribution in [0.2, 0.25) is 0 Å². The second-order valence-electron chi connectivity index (χ2n) is 6.18. The molecule has 2 atom stereocenters.